The summed E-state index contributed by atoms with van der Waals surface area (Å²) in [5.41, 5.74) is 2.96. The first-order valence-electron chi connectivity index (χ1n) is 5.61. The van der Waals surface area contributed by atoms with E-state index in [-0.39, 0.29) is 6.42 Å². The molecular weight excluding hydrogens is 325 g/mol. The van der Waals surface area contributed by atoms with Gasteiger partial charge in [0.25, 0.3) is 0 Å². The largest absolute Gasteiger partial charge is 0.458 e. The van der Waals surface area contributed by atoms with E-state index in [4.69, 9.17) is 10.3 Å². The smallest absolute Gasteiger partial charge is 0.389 e. The lowest BCUT2D eigenvalue weighted by Gasteiger charge is -2.14. The van der Waals surface area contributed by atoms with E-state index in [0.29, 0.717) is 11.3 Å². The second-order valence-corrected chi connectivity index (χ2v) is 5.03. The van der Waals surface area contributed by atoms with Gasteiger partial charge in [0.15, 0.2) is 0 Å². The quantitative estimate of drug-likeness (QED) is 0.654. The Kier molecular flexibility index (Phi) is 4.17. The molecule has 0 aliphatic heterocycles. The average Bonchev–Trinajstić information content (AvgIpc) is 2.73. The topological polar surface area (TPSA) is 51.2 Å². The molecule has 2 aromatic rings. The summed E-state index contributed by atoms with van der Waals surface area (Å²) in [5.74, 6) is 5.70. The summed E-state index contributed by atoms with van der Waals surface area (Å²) in [5, 5.41) is 0.816. The second kappa shape index (κ2) is 5.52. The van der Waals surface area contributed by atoms with Gasteiger partial charge in [0.05, 0.1) is 10.5 Å². The Morgan fingerprint density at radius 1 is 1.37 bits per heavy atom. The highest BCUT2D eigenvalue weighted by atomic mass is 79.9. The van der Waals surface area contributed by atoms with E-state index in [2.05, 4.69) is 21.4 Å². The van der Waals surface area contributed by atoms with E-state index in [0.717, 1.165) is 9.86 Å². The monoisotopic (exact) mass is 336 g/mol. The maximum Gasteiger partial charge on any atom is 0.389 e. The van der Waals surface area contributed by atoms with Gasteiger partial charge in [-0.25, -0.2) is 5.43 Å². The number of nitrogens with one attached hydrogen (secondary N) is 1. The predicted molar refractivity (Wildman–Crippen MR) is 69.3 cm³/mol. The first kappa shape index (κ1) is 14.4. The minimum Gasteiger partial charge on any atom is -0.458 e. The molecule has 1 unspecified atom stereocenters. The molecule has 0 aliphatic carbocycles. The van der Waals surface area contributed by atoms with E-state index in [1.54, 1.807) is 12.1 Å². The van der Waals surface area contributed by atoms with Crippen LogP contribution in [-0.4, -0.2) is 6.18 Å². The summed E-state index contributed by atoms with van der Waals surface area (Å²) in [6.45, 7) is 0. The molecule has 0 radical (unpaired) electrons. The molecule has 1 atom stereocenters. The van der Waals surface area contributed by atoms with E-state index in [9.17, 15) is 13.2 Å². The molecule has 104 valence electrons. The van der Waals surface area contributed by atoms with Crippen LogP contribution in [-0.2, 0) is 0 Å². The number of hydrogen-bond donors (Lipinski definition) is 2. The van der Waals surface area contributed by atoms with Crippen LogP contribution < -0.4 is 11.3 Å². The van der Waals surface area contributed by atoms with Crippen molar-refractivity contribution in [2.24, 2.45) is 5.84 Å². The number of para-hydroxylation sites is 1. The van der Waals surface area contributed by atoms with Gasteiger partial charge in [0.1, 0.15) is 11.3 Å². The Balaban J connectivity index is 2.23. The highest BCUT2D eigenvalue weighted by Crippen LogP contribution is 2.32. The Labute approximate surface area is 116 Å². The maximum absolute atomic E-state index is 12.2. The van der Waals surface area contributed by atoms with Crippen LogP contribution in [0.2, 0.25) is 0 Å². The van der Waals surface area contributed by atoms with Crippen LogP contribution in [0.3, 0.4) is 0 Å². The molecule has 0 fully saturated rings. The maximum atomic E-state index is 12.2. The number of furan rings is 1. The lowest BCUT2D eigenvalue weighted by atomic mass is 10.1. The zero-order valence-electron chi connectivity index (χ0n) is 9.80. The lowest BCUT2D eigenvalue weighted by molar-refractivity contribution is -0.136. The van der Waals surface area contributed by atoms with Gasteiger partial charge >= 0.3 is 6.18 Å². The highest BCUT2D eigenvalue weighted by Gasteiger charge is 2.29. The zero-order chi connectivity index (χ0) is 14.0. The van der Waals surface area contributed by atoms with Gasteiger partial charge in [0, 0.05) is 11.8 Å². The predicted octanol–water partition coefficient (Wildman–Crippen LogP) is 4.04. The Bertz CT molecular complexity index is 568. The number of alkyl halides is 3. The van der Waals surface area contributed by atoms with E-state index >= 15 is 0 Å². The van der Waals surface area contributed by atoms with Crippen molar-refractivity contribution in [1.82, 2.24) is 5.43 Å². The molecule has 0 aliphatic rings. The molecule has 1 aromatic heterocycles. The number of hydrogen-bond acceptors (Lipinski definition) is 3. The van der Waals surface area contributed by atoms with Crippen molar-refractivity contribution in [3.05, 3.63) is 34.5 Å². The molecule has 7 heteroatoms. The number of nitrogens with two attached hydrogens (primary N) is 1. The van der Waals surface area contributed by atoms with Gasteiger partial charge in [-0.1, -0.05) is 12.1 Å². The molecule has 0 saturated carbocycles. The average molecular weight is 337 g/mol. The zero-order valence-corrected chi connectivity index (χ0v) is 11.4. The SMILES string of the molecule is NNC(CCC(F)(F)F)c1cc2cccc(Br)c2o1. The first-order chi connectivity index (χ1) is 8.90. The van der Waals surface area contributed by atoms with Gasteiger partial charge in [-0.3, -0.25) is 5.84 Å². The van der Waals surface area contributed by atoms with Gasteiger partial charge in [0.2, 0.25) is 0 Å². The molecule has 2 rings (SSSR count). The molecule has 1 heterocycles. The van der Waals surface area contributed by atoms with Crippen LogP contribution in [0.25, 0.3) is 11.0 Å². The van der Waals surface area contributed by atoms with E-state index in [1.165, 1.54) is 0 Å². The standard InChI is InChI=1S/C12H12BrF3N2O/c13-8-3-1-2-7-6-10(19-11(7)8)9(18-17)4-5-12(14,15)16/h1-3,6,9,18H,4-5,17H2. The normalized spacial score (nSPS) is 13.9. The van der Waals surface area contributed by atoms with Gasteiger partial charge in [-0.2, -0.15) is 13.2 Å². The first-order valence-corrected chi connectivity index (χ1v) is 6.41. The third-order valence-corrected chi connectivity index (χ3v) is 3.40. The third-order valence-electron chi connectivity index (χ3n) is 2.78. The molecule has 0 saturated heterocycles. The lowest BCUT2D eigenvalue weighted by Crippen LogP contribution is -2.28. The molecule has 19 heavy (non-hydrogen) atoms. The summed E-state index contributed by atoms with van der Waals surface area (Å²) < 4.78 is 43.0. The minimum atomic E-state index is -4.21. The van der Waals surface area contributed by atoms with Crippen LogP contribution >= 0.6 is 15.9 Å². The van der Waals surface area contributed by atoms with Gasteiger partial charge in [-0.15, -0.1) is 0 Å². The fourth-order valence-corrected chi connectivity index (χ4v) is 2.30. The molecular formula is C12H12BrF3N2O. The molecule has 1 aromatic carbocycles. The van der Waals surface area contributed by atoms with E-state index in [1.807, 2.05) is 12.1 Å². The van der Waals surface area contributed by atoms with Gasteiger partial charge in [-0.05, 0) is 34.5 Å². The van der Waals surface area contributed by atoms with Crippen LogP contribution in [0.5, 0.6) is 0 Å². The third kappa shape index (κ3) is 3.49. The Morgan fingerprint density at radius 3 is 2.68 bits per heavy atom. The molecule has 0 bridgehead atoms. The number of fused-ring (bicyclic) bond motifs is 1. The van der Waals surface area contributed by atoms with Crippen molar-refractivity contribution >= 4 is 26.9 Å². The van der Waals surface area contributed by atoms with Crippen molar-refractivity contribution in [3.63, 3.8) is 0 Å². The number of benzene rings is 1. The molecule has 3 N–H and O–H groups in total. The van der Waals surface area contributed by atoms with Crippen LogP contribution in [0, 0.1) is 0 Å². The summed E-state index contributed by atoms with van der Waals surface area (Å²) in [4.78, 5) is 0. The molecule has 3 nitrogen and oxygen atoms in total. The summed E-state index contributed by atoms with van der Waals surface area (Å²) in [6.07, 6.45) is -5.29. The minimum absolute atomic E-state index is 0.169. The summed E-state index contributed by atoms with van der Waals surface area (Å²) in [6, 6.07) is 6.48. The Morgan fingerprint density at radius 2 is 2.11 bits per heavy atom. The van der Waals surface area contributed by atoms with Crippen molar-refractivity contribution in [1.29, 1.82) is 0 Å². The van der Waals surface area contributed by atoms with Crippen molar-refractivity contribution in [2.75, 3.05) is 0 Å². The molecule has 0 spiro atoms. The van der Waals surface area contributed by atoms with Crippen LogP contribution in [0.1, 0.15) is 24.6 Å². The number of halogens is 4. The van der Waals surface area contributed by atoms with Crippen molar-refractivity contribution < 1.29 is 17.6 Å². The van der Waals surface area contributed by atoms with Gasteiger partial charge < -0.3 is 4.42 Å². The number of hydrazine groups is 1. The highest BCUT2D eigenvalue weighted by molar-refractivity contribution is 9.10. The fourth-order valence-electron chi connectivity index (χ4n) is 1.83. The Hall–Kier alpha value is -1.05. The molecule has 0 amide bonds. The van der Waals surface area contributed by atoms with E-state index < -0.39 is 18.6 Å². The fraction of sp³-hybridized carbons (Fsp3) is 0.333. The van der Waals surface area contributed by atoms with Crippen molar-refractivity contribution in [3.8, 4) is 0 Å². The van der Waals surface area contributed by atoms with Crippen molar-refractivity contribution in [2.45, 2.75) is 25.1 Å². The second-order valence-electron chi connectivity index (χ2n) is 4.18. The van der Waals surface area contributed by atoms with Crippen LogP contribution in [0.15, 0.2) is 33.2 Å². The summed E-state index contributed by atoms with van der Waals surface area (Å²) >= 11 is 3.33. The number of rotatable bonds is 4. The van der Waals surface area contributed by atoms with Crippen LogP contribution in [0.4, 0.5) is 13.2 Å². The summed E-state index contributed by atoms with van der Waals surface area (Å²) in [7, 11) is 0.